The van der Waals surface area contributed by atoms with Crippen molar-refractivity contribution in [3.05, 3.63) is 27.7 Å². The number of hydrogen-bond donors (Lipinski definition) is 0. The largest absolute Gasteiger partial charge is 0.432 e. The van der Waals surface area contributed by atoms with Crippen LogP contribution in [0.4, 0.5) is 8.78 Å². The van der Waals surface area contributed by atoms with Crippen LogP contribution < -0.4 is 4.74 Å². The van der Waals surface area contributed by atoms with Crippen LogP contribution in [0, 0.1) is 0 Å². The Labute approximate surface area is 105 Å². The highest BCUT2D eigenvalue weighted by Gasteiger charge is 2.16. The van der Waals surface area contributed by atoms with Crippen LogP contribution in [0.3, 0.4) is 0 Å². The van der Waals surface area contributed by atoms with Crippen molar-refractivity contribution >= 4 is 40.6 Å². The van der Waals surface area contributed by atoms with Crippen molar-refractivity contribution in [3.8, 4) is 5.75 Å². The van der Waals surface area contributed by atoms with E-state index in [-0.39, 0.29) is 27.2 Å². The molecule has 0 aliphatic rings. The predicted molar refractivity (Wildman–Crippen MR) is 58.1 cm³/mol. The summed E-state index contributed by atoms with van der Waals surface area (Å²) in [6.07, 6.45) is 0. The second kappa shape index (κ2) is 5.66. The zero-order valence-corrected chi connectivity index (χ0v) is 9.91. The Morgan fingerprint density at radius 3 is 2.19 bits per heavy atom. The van der Waals surface area contributed by atoms with Gasteiger partial charge in [-0.25, -0.2) is 0 Å². The monoisotopic (exact) mass is 288 g/mol. The highest BCUT2D eigenvalue weighted by Crippen LogP contribution is 2.35. The molecule has 0 atom stereocenters. The molecular formula is C9H5Cl3F2O2. The van der Waals surface area contributed by atoms with Crippen LogP contribution in [-0.4, -0.2) is 18.3 Å². The van der Waals surface area contributed by atoms with E-state index in [1.807, 2.05) is 0 Å². The van der Waals surface area contributed by atoms with E-state index in [2.05, 4.69) is 4.74 Å². The van der Waals surface area contributed by atoms with E-state index >= 15 is 0 Å². The second-order valence-corrected chi connectivity index (χ2v) is 3.79. The normalized spacial score (nSPS) is 10.6. The van der Waals surface area contributed by atoms with E-state index in [9.17, 15) is 13.6 Å². The number of benzene rings is 1. The van der Waals surface area contributed by atoms with E-state index in [0.29, 0.717) is 0 Å². The second-order valence-electron chi connectivity index (χ2n) is 2.70. The summed E-state index contributed by atoms with van der Waals surface area (Å²) in [6.45, 7) is -3.04. The Balaban J connectivity index is 3.12. The minimum atomic E-state index is -3.04. The lowest BCUT2D eigenvalue weighted by Gasteiger charge is -2.09. The molecule has 0 radical (unpaired) electrons. The molecule has 0 N–H and O–H groups in total. The number of carbonyl (C=O) groups is 1. The van der Waals surface area contributed by atoms with Gasteiger partial charge in [-0.05, 0) is 12.1 Å². The molecular weight excluding hydrogens is 284 g/mol. The lowest BCUT2D eigenvalue weighted by atomic mass is 10.1. The van der Waals surface area contributed by atoms with Gasteiger partial charge in [0.05, 0.1) is 15.9 Å². The molecule has 0 aromatic heterocycles. The zero-order chi connectivity index (χ0) is 12.3. The maximum absolute atomic E-state index is 12.0. The fourth-order valence-corrected chi connectivity index (χ4v) is 1.73. The van der Waals surface area contributed by atoms with Crippen molar-refractivity contribution in [3.63, 3.8) is 0 Å². The summed E-state index contributed by atoms with van der Waals surface area (Å²) < 4.78 is 28.1. The van der Waals surface area contributed by atoms with Crippen molar-refractivity contribution < 1.29 is 18.3 Å². The molecule has 0 saturated heterocycles. The third-order valence-corrected chi connectivity index (χ3v) is 2.45. The SMILES string of the molecule is O=C(CCl)c1cc(Cl)c(OC(F)F)c(Cl)c1. The van der Waals surface area contributed by atoms with Gasteiger partial charge in [-0.3, -0.25) is 4.79 Å². The van der Waals surface area contributed by atoms with E-state index in [1.54, 1.807) is 0 Å². The van der Waals surface area contributed by atoms with Crippen LogP contribution in [0.5, 0.6) is 5.75 Å². The maximum atomic E-state index is 12.0. The fourth-order valence-electron chi connectivity index (χ4n) is 1.000. The quantitative estimate of drug-likeness (QED) is 0.618. The van der Waals surface area contributed by atoms with Gasteiger partial charge >= 0.3 is 6.61 Å². The average molecular weight is 289 g/mol. The van der Waals surface area contributed by atoms with Crippen LogP contribution in [0.2, 0.25) is 10.0 Å². The first-order chi connectivity index (χ1) is 7.45. The molecule has 0 fully saturated rings. The fraction of sp³-hybridized carbons (Fsp3) is 0.222. The summed E-state index contributed by atoms with van der Waals surface area (Å²) in [7, 11) is 0. The van der Waals surface area contributed by atoms with E-state index in [0.717, 1.165) is 0 Å². The topological polar surface area (TPSA) is 26.3 Å². The number of rotatable bonds is 4. The molecule has 0 amide bonds. The van der Waals surface area contributed by atoms with Crippen molar-refractivity contribution in [1.82, 2.24) is 0 Å². The van der Waals surface area contributed by atoms with Crippen molar-refractivity contribution in [2.75, 3.05) is 5.88 Å². The lowest BCUT2D eigenvalue weighted by molar-refractivity contribution is -0.0497. The number of halogens is 5. The highest BCUT2D eigenvalue weighted by atomic mass is 35.5. The number of hydrogen-bond acceptors (Lipinski definition) is 2. The number of ether oxygens (including phenoxy) is 1. The Kier molecular flexibility index (Phi) is 4.77. The van der Waals surface area contributed by atoms with Crippen molar-refractivity contribution in [1.29, 1.82) is 0 Å². The first kappa shape index (κ1) is 13.5. The molecule has 7 heteroatoms. The van der Waals surface area contributed by atoms with E-state index < -0.39 is 12.4 Å². The first-order valence-corrected chi connectivity index (χ1v) is 5.27. The van der Waals surface area contributed by atoms with Gasteiger partial charge in [-0.1, -0.05) is 23.2 Å². The first-order valence-electron chi connectivity index (χ1n) is 3.98. The molecule has 1 aromatic carbocycles. The van der Waals surface area contributed by atoms with E-state index in [1.165, 1.54) is 12.1 Å². The van der Waals surface area contributed by atoms with Gasteiger partial charge in [0.2, 0.25) is 0 Å². The van der Waals surface area contributed by atoms with Gasteiger partial charge in [0.15, 0.2) is 11.5 Å². The number of alkyl halides is 3. The van der Waals surface area contributed by atoms with Gasteiger partial charge in [0, 0.05) is 5.56 Å². The summed E-state index contributed by atoms with van der Waals surface area (Å²) in [5, 5.41) is -0.331. The van der Waals surface area contributed by atoms with Gasteiger partial charge in [-0.15, -0.1) is 11.6 Å². The molecule has 2 nitrogen and oxygen atoms in total. The molecule has 1 rings (SSSR count). The molecule has 0 unspecified atom stereocenters. The third-order valence-electron chi connectivity index (χ3n) is 1.65. The summed E-state index contributed by atoms with van der Waals surface area (Å²) in [4.78, 5) is 11.2. The summed E-state index contributed by atoms with van der Waals surface area (Å²) in [5.74, 6) is -1.01. The number of ketones is 1. The summed E-state index contributed by atoms with van der Waals surface area (Å²) >= 11 is 16.6. The smallest absolute Gasteiger partial charge is 0.387 e. The zero-order valence-electron chi connectivity index (χ0n) is 7.65. The van der Waals surface area contributed by atoms with Crippen molar-refractivity contribution in [2.45, 2.75) is 6.61 Å². The van der Waals surface area contributed by atoms with Gasteiger partial charge in [-0.2, -0.15) is 8.78 Å². The molecule has 1 aromatic rings. The van der Waals surface area contributed by atoms with Crippen LogP contribution >= 0.6 is 34.8 Å². The van der Waals surface area contributed by atoms with Crippen LogP contribution in [0.15, 0.2) is 12.1 Å². The Morgan fingerprint density at radius 1 is 1.31 bits per heavy atom. The van der Waals surface area contributed by atoms with Crippen LogP contribution in [0.25, 0.3) is 0 Å². The molecule has 0 spiro atoms. The summed E-state index contributed by atoms with van der Waals surface area (Å²) in [6, 6.07) is 2.35. The standard InChI is InChI=1S/C9H5Cl3F2O2/c10-3-7(15)4-1-5(11)8(6(12)2-4)16-9(13)14/h1-2,9H,3H2. The van der Waals surface area contributed by atoms with Gasteiger partial charge in [0.25, 0.3) is 0 Å². The van der Waals surface area contributed by atoms with Gasteiger partial charge in [0.1, 0.15) is 0 Å². The molecule has 16 heavy (non-hydrogen) atoms. The summed E-state index contributed by atoms with van der Waals surface area (Å²) in [5.41, 5.74) is 0.145. The highest BCUT2D eigenvalue weighted by molar-refractivity contribution is 6.38. The van der Waals surface area contributed by atoms with Gasteiger partial charge < -0.3 is 4.74 Å². The molecule has 0 heterocycles. The Morgan fingerprint density at radius 2 is 1.81 bits per heavy atom. The molecule has 88 valence electrons. The Bertz CT molecular complexity index is 387. The van der Waals surface area contributed by atoms with E-state index in [4.69, 9.17) is 34.8 Å². The number of carbonyl (C=O) groups excluding carboxylic acids is 1. The molecule has 0 bridgehead atoms. The average Bonchev–Trinajstić information content (AvgIpc) is 2.21. The minimum Gasteiger partial charge on any atom is -0.432 e. The van der Waals surface area contributed by atoms with Crippen LogP contribution in [0.1, 0.15) is 10.4 Å². The predicted octanol–water partition coefficient (Wildman–Crippen LogP) is 4.02. The minimum absolute atomic E-state index is 0.145. The third kappa shape index (κ3) is 3.20. The molecule has 0 saturated carbocycles. The number of Topliss-reactive ketones (excluding diaryl/α,β-unsaturated/α-hetero) is 1. The lowest BCUT2D eigenvalue weighted by Crippen LogP contribution is -2.05. The maximum Gasteiger partial charge on any atom is 0.387 e. The Hall–Kier alpha value is -0.580. The van der Waals surface area contributed by atoms with Crippen LogP contribution in [-0.2, 0) is 0 Å². The van der Waals surface area contributed by atoms with Crippen molar-refractivity contribution in [2.24, 2.45) is 0 Å². The molecule has 0 aliphatic carbocycles. The molecule has 0 aliphatic heterocycles.